The first-order chi connectivity index (χ1) is 20.5. The van der Waals surface area contributed by atoms with Crippen LogP contribution in [0, 0.1) is 5.92 Å². The van der Waals surface area contributed by atoms with Crippen molar-refractivity contribution in [2.24, 2.45) is 5.92 Å². The van der Waals surface area contributed by atoms with Gasteiger partial charge in [0.15, 0.2) is 0 Å². The first-order valence-corrected chi connectivity index (χ1v) is 15.2. The fourth-order valence-corrected chi connectivity index (χ4v) is 4.68. The van der Waals surface area contributed by atoms with Crippen molar-refractivity contribution < 1.29 is 38.1 Å². The minimum absolute atomic E-state index is 0.120. The molecule has 3 rings (SSSR count). The number of hydrogen-bond acceptors (Lipinski definition) is 8. The molecule has 0 saturated heterocycles. The van der Waals surface area contributed by atoms with Crippen molar-refractivity contribution >= 4 is 17.9 Å². The predicted octanol–water partition coefficient (Wildman–Crippen LogP) is 7.25. The van der Waals surface area contributed by atoms with Crippen molar-refractivity contribution in [3.63, 3.8) is 0 Å². The number of unbranched alkanes of at least 4 members (excludes halogenated alkanes) is 5. The van der Waals surface area contributed by atoms with Crippen LogP contribution < -0.4 is 14.2 Å². The van der Waals surface area contributed by atoms with E-state index in [1.807, 2.05) is 0 Å². The standard InChI is InChI=1S/C34H44O8/c1-3-5-8-23-38-28-15-11-26(12-16-28)33(36)41-30-19-21-31(22-20-30)42-34(37)27-13-17-29(18-14-27)39-24-9-6-7-10-25-40-32(35)4-2/h4,13-14,17-22,26,28H,2-3,5-12,15-16,23-25H2,1H3. The van der Waals surface area contributed by atoms with Crippen LogP contribution in [0.5, 0.6) is 17.2 Å². The molecule has 2 aromatic carbocycles. The van der Waals surface area contributed by atoms with Crippen molar-refractivity contribution in [1.29, 1.82) is 0 Å². The third-order valence-electron chi connectivity index (χ3n) is 7.17. The number of ether oxygens (including phenoxy) is 5. The molecule has 1 saturated carbocycles. The molecule has 0 aromatic heterocycles. The fraction of sp³-hybridized carbons (Fsp3) is 0.500. The maximum atomic E-state index is 12.6. The Labute approximate surface area is 249 Å². The van der Waals surface area contributed by atoms with Gasteiger partial charge in [-0.15, -0.1) is 0 Å². The molecule has 0 aliphatic heterocycles. The van der Waals surface area contributed by atoms with Crippen molar-refractivity contribution in [2.75, 3.05) is 19.8 Å². The highest BCUT2D eigenvalue weighted by molar-refractivity contribution is 5.91. The van der Waals surface area contributed by atoms with Gasteiger partial charge in [-0.2, -0.15) is 0 Å². The molecule has 0 bridgehead atoms. The number of carbonyl (C=O) groups excluding carboxylic acids is 3. The summed E-state index contributed by atoms with van der Waals surface area (Å²) in [7, 11) is 0. The largest absolute Gasteiger partial charge is 0.494 e. The Morgan fingerprint density at radius 1 is 0.738 bits per heavy atom. The van der Waals surface area contributed by atoms with Gasteiger partial charge in [0.05, 0.1) is 30.8 Å². The number of rotatable bonds is 18. The average molecular weight is 581 g/mol. The zero-order chi connectivity index (χ0) is 30.0. The molecule has 8 heteroatoms. The molecule has 1 aliphatic rings. The summed E-state index contributed by atoms with van der Waals surface area (Å²) in [5.74, 6) is 0.232. The third-order valence-corrected chi connectivity index (χ3v) is 7.17. The van der Waals surface area contributed by atoms with Crippen LogP contribution in [0.1, 0.15) is 87.9 Å². The van der Waals surface area contributed by atoms with Gasteiger partial charge in [0, 0.05) is 12.7 Å². The molecule has 1 aliphatic carbocycles. The first kappa shape index (κ1) is 32.9. The van der Waals surface area contributed by atoms with Crippen molar-refractivity contribution in [2.45, 2.75) is 83.7 Å². The van der Waals surface area contributed by atoms with Gasteiger partial charge < -0.3 is 23.7 Å². The minimum atomic E-state index is -0.489. The van der Waals surface area contributed by atoms with E-state index in [1.54, 1.807) is 48.5 Å². The van der Waals surface area contributed by atoms with Crippen LogP contribution in [0.3, 0.4) is 0 Å². The summed E-state index contributed by atoms with van der Waals surface area (Å²) < 4.78 is 27.7. The Morgan fingerprint density at radius 2 is 1.33 bits per heavy atom. The van der Waals surface area contributed by atoms with E-state index < -0.39 is 11.9 Å². The topological polar surface area (TPSA) is 97.4 Å². The maximum absolute atomic E-state index is 12.6. The van der Waals surface area contributed by atoms with E-state index in [1.165, 1.54) is 12.8 Å². The molecule has 0 radical (unpaired) electrons. The van der Waals surface area contributed by atoms with E-state index in [0.717, 1.165) is 70.5 Å². The van der Waals surface area contributed by atoms with Gasteiger partial charge in [0.25, 0.3) is 0 Å². The van der Waals surface area contributed by atoms with Gasteiger partial charge in [-0.25, -0.2) is 9.59 Å². The lowest BCUT2D eigenvalue weighted by Crippen LogP contribution is -2.29. The highest BCUT2D eigenvalue weighted by Crippen LogP contribution is 2.29. The summed E-state index contributed by atoms with van der Waals surface area (Å²) in [5.41, 5.74) is 0.400. The lowest BCUT2D eigenvalue weighted by atomic mass is 9.87. The zero-order valence-electron chi connectivity index (χ0n) is 24.7. The van der Waals surface area contributed by atoms with Crippen LogP contribution in [0.15, 0.2) is 61.2 Å². The van der Waals surface area contributed by atoms with E-state index in [0.29, 0.717) is 36.0 Å². The average Bonchev–Trinajstić information content (AvgIpc) is 3.02. The summed E-state index contributed by atoms with van der Waals surface area (Å²) in [5, 5.41) is 0. The second-order valence-corrected chi connectivity index (χ2v) is 10.5. The van der Waals surface area contributed by atoms with Crippen LogP contribution >= 0.6 is 0 Å². The predicted molar refractivity (Wildman–Crippen MR) is 160 cm³/mol. The van der Waals surface area contributed by atoms with Crippen LogP contribution in [0.4, 0.5) is 0 Å². The van der Waals surface area contributed by atoms with Gasteiger partial charge in [-0.3, -0.25) is 4.79 Å². The Balaban J connectivity index is 1.32. The fourth-order valence-electron chi connectivity index (χ4n) is 4.68. The van der Waals surface area contributed by atoms with E-state index in [-0.39, 0.29) is 18.0 Å². The zero-order valence-corrected chi connectivity index (χ0v) is 24.7. The first-order valence-electron chi connectivity index (χ1n) is 15.2. The van der Waals surface area contributed by atoms with Crippen LogP contribution in [-0.4, -0.2) is 43.8 Å². The monoisotopic (exact) mass is 580 g/mol. The molecule has 0 atom stereocenters. The number of carbonyl (C=O) groups is 3. The molecule has 228 valence electrons. The summed E-state index contributed by atoms with van der Waals surface area (Å²) in [6, 6.07) is 13.3. The van der Waals surface area contributed by atoms with Crippen molar-refractivity contribution in [1.82, 2.24) is 0 Å². The quantitative estimate of drug-likeness (QED) is 0.0787. The number of hydrogen-bond donors (Lipinski definition) is 0. The normalized spacial score (nSPS) is 16.3. The molecule has 0 heterocycles. The second kappa shape index (κ2) is 18.7. The van der Waals surface area contributed by atoms with Gasteiger partial charge in [0.2, 0.25) is 0 Å². The lowest BCUT2D eigenvalue weighted by Gasteiger charge is -2.27. The third kappa shape index (κ3) is 12.1. The van der Waals surface area contributed by atoms with E-state index in [9.17, 15) is 14.4 Å². The lowest BCUT2D eigenvalue weighted by molar-refractivity contribution is -0.141. The van der Waals surface area contributed by atoms with Crippen LogP contribution in [0.2, 0.25) is 0 Å². The molecule has 0 unspecified atom stereocenters. The number of benzene rings is 2. The molecule has 42 heavy (non-hydrogen) atoms. The Bertz CT molecular complexity index is 1100. The van der Waals surface area contributed by atoms with E-state index >= 15 is 0 Å². The Kier molecular flexibility index (Phi) is 14.6. The van der Waals surface area contributed by atoms with Gasteiger partial charge in [0.1, 0.15) is 17.2 Å². The minimum Gasteiger partial charge on any atom is -0.494 e. The molecular formula is C34H44O8. The van der Waals surface area contributed by atoms with E-state index in [4.69, 9.17) is 23.7 Å². The van der Waals surface area contributed by atoms with Gasteiger partial charge in [-0.1, -0.05) is 26.3 Å². The van der Waals surface area contributed by atoms with Crippen molar-refractivity contribution in [3.8, 4) is 17.2 Å². The summed E-state index contributed by atoms with van der Waals surface area (Å²) in [6.45, 7) is 7.29. The smallest absolute Gasteiger partial charge is 0.343 e. The van der Waals surface area contributed by atoms with Crippen LogP contribution in [0.25, 0.3) is 0 Å². The van der Waals surface area contributed by atoms with Crippen LogP contribution in [-0.2, 0) is 19.1 Å². The molecule has 0 N–H and O–H groups in total. The van der Waals surface area contributed by atoms with Gasteiger partial charge in [-0.05, 0) is 106 Å². The molecular weight excluding hydrogens is 536 g/mol. The highest BCUT2D eigenvalue weighted by atomic mass is 16.5. The summed E-state index contributed by atoms with van der Waals surface area (Å²) in [4.78, 5) is 36.2. The van der Waals surface area contributed by atoms with Gasteiger partial charge >= 0.3 is 17.9 Å². The summed E-state index contributed by atoms with van der Waals surface area (Å²) in [6.07, 6.45) is 11.7. The van der Waals surface area contributed by atoms with Crippen molar-refractivity contribution in [3.05, 3.63) is 66.7 Å². The molecule has 0 amide bonds. The molecule has 2 aromatic rings. The van der Waals surface area contributed by atoms with E-state index in [2.05, 4.69) is 13.5 Å². The maximum Gasteiger partial charge on any atom is 0.343 e. The summed E-state index contributed by atoms with van der Waals surface area (Å²) >= 11 is 0. The second-order valence-electron chi connectivity index (χ2n) is 10.5. The highest BCUT2D eigenvalue weighted by Gasteiger charge is 2.28. The molecule has 8 nitrogen and oxygen atoms in total. The molecule has 1 fully saturated rings. The molecule has 0 spiro atoms. The Morgan fingerprint density at radius 3 is 1.98 bits per heavy atom. The SMILES string of the molecule is C=CC(=O)OCCCCCCOc1ccc(C(=O)Oc2ccc(OC(=O)C3CCC(OCCCCC)CC3)cc2)cc1. The Hall–Kier alpha value is -3.65. The number of esters is 3.